The summed E-state index contributed by atoms with van der Waals surface area (Å²) in [6, 6.07) is 6.29. The highest BCUT2D eigenvalue weighted by atomic mass is 32.2. The van der Waals surface area contributed by atoms with Crippen LogP contribution in [0.2, 0.25) is 0 Å². The number of hydrogen-bond donors (Lipinski definition) is 1. The van der Waals surface area contributed by atoms with E-state index in [-0.39, 0.29) is 11.7 Å². The van der Waals surface area contributed by atoms with Crippen LogP contribution in [0.3, 0.4) is 0 Å². The van der Waals surface area contributed by atoms with E-state index in [9.17, 15) is 21.6 Å². The highest BCUT2D eigenvalue weighted by Crippen LogP contribution is 2.21. The van der Waals surface area contributed by atoms with Crippen LogP contribution in [0.4, 0.5) is 13.2 Å². The Hall–Kier alpha value is -2.72. The highest BCUT2D eigenvalue weighted by molar-refractivity contribution is 7.89. The van der Waals surface area contributed by atoms with E-state index in [4.69, 9.17) is 4.52 Å². The molecule has 0 aliphatic heterocycles. The van der Waals surface area contributed by atoms with Gasteiger partial charge in [-0.1, -0.05) is 5.16 Å². The van der Waals surface area contributed by atoms with Crippen molar-refractivity contribution in [3.05, 3.63) is 65.8 Å². The molecule has 6 nitrogen and oxygen atoms in total. The van der Waals surface area contributed by atoms with E-state index in [0.717, 1.165) is 0 Å². The minimum atomic E-state index is -4.22. The van der Waals surface area contributed by atoms with E-state index >= 15 is 0 Å². The lowest BCUT2D eigenvalue weighted by Crippen LogP contribution is -2.27. The molecule has 10 heteroatoms. The summed E-state index contributed by atoms with van der Waals surface area (Å²) in [5, 5.41) is 3.70. The smallest absolute Gasteiger partial charge is 0.244 e. The summed E-state index contributed by atoms with van der Waals surface area (Å²) >= 11 is 0. The summed E-state index contributed by atoms with van der Waals surface area (Å²) in [5.41, 5.74) is 0.476. The standard InChI is InChI=1S/C16H12F3N3O3S/c1-9(22-26(23,24)14-7-12(18)6-13(19)8-14)16-20-15(21-25-16)10-2-4-11(17)5-3-10/h2-9,22H,1H3. The molecule has 0 radical (unpaired) electrons. The molecule has 0 aliphatic carbocycles. The molecule has 1 unspecified atom stereocenters. The third-order valence-corrected chi connectivity index (χ3v) is 4.91. The molecule has 0 fully saturated rings. The topological polar surface area (TPSA) is 85.1 Å². The van der Waals surface area contributed by atoms with Gasteiger partial charge in [0, 0.05) is 11.6 Å². The Morgan fingerprint density at radius 3 is 2.23 bits per heavy atom. The molecule has 0 aliphatic rings. The minimum Gasteiger partial charge on any atom is -0.337 e. The lowest BCUT2D eigenvalue weighted by atomic mass is 10.2. The highest BCUT2D eigenvalue weighted by Gasteiger charge is 2.23. The molecule has 0 bridgehead atoms. The zero-order valence-electron chi connectivity index (χ0n) is 13.3. The van der Waals surface area contributed by atoms with E-state index < -0.39 is 38.4 Å². The summed E-state index contributed by atoms with van der Waals surface area (Å²) in [6.07, 6.45) is 0. The van der Waals surface area contributed by atoms with Crippen LogP contribution in [0.25, 0.3) is 11.4 Å². The zero-order chi connectivity index (χ0) is 18.9. The summed E-state index contributed by atoms with van der Waals surface area (Å²) < 4.78 is 71.1. The van der Waals surface area contributed by atoms with Crippen molar-refractivity contribution in [3.63, 3.8) is 0 Å². The van der Waals surface area contributed by atoms with Gasteiger partial charge in [0.05, 0.1) is 10.9 Å². The van der Waals surface area contributed by atoms with Crippen molar-refractivity contribution in [1.82, 2.24) is 14.9 Å². The van der Waals surface area contributed by atoms with Gasteiger partial charge in [0.2, 0.25) is 21.7 Å². The maximum absolute atomic E-state index is 13.2. The van der Waals surface area contributed by atoms with Crippen molar-refractivity contribution < 1.29 is 26.1 Å². The van der Waals surface area contributed by atoms with Crippen LogP contribution in [0.5, 0.6) is 0 Å². The third-order valence-electron chi connectivity index (χ3n) is 3.39. The number of aromatic nitrogens is 2. The monoisotopic (exact) mass is 383 g/mol. The Balaban J connectivity index is 1.81. The van der Waals surface area contributed by atoms with Gasteiger partial charge in [0.15, 0.2) is 0 Å². The molecule has 0 spiro atoms. The fourth-order valence-corrected chi connectivity index (χ4v) is 3.40. The number of benzene rings is 2. The van der Waals surface area contributed by atoms with Gasteiger partial charge in [-0.25, -0.2) is 21.6 Å². The summed E-state index contributed by atoms with van der Waals surface area (Å²) in [7, 11) is -4.22. The van der Waals surface area contributed by atoms with Gasteiger partial charge in [0.1, 0.15) is 17.5 Å². The predicted octanol–water partition coefficient (Wildman–Crippen LogP) is 3.19. The van der Waals surface area contributed by atoms with Gasteiger partial charge in [-0.2, -0.15) is 9.71 Å². The first-order valence-electron chi connectivity index (χ1n) is 7.32. The summed E-state index contributed by atoms with van der Waals surface area (Å²) in [4.78, 5) is 3.48. The Bertz CT molecular complexity index is 1020. The van der Waals surface area contributed by atoms with Crippen molar-refractivity contribution in [3.8, 4) is 11.4 Å². The average Bonchev–Trinajstić information content (AvgIpc) is 3.04. The fraction of sp³-hybridized carbons (Fsp3) is 0.125. The average molecular weight is 383 g/mol. The van der Waals surface area contributed by atoms with Crippen molar-refractivity contribution in [2.24, 2.45) is 0 Å². The lowest BCUT2D eigenvalue weighted by Gasteiger charge is -2.10. The lowest BCUT2D eigenvalue weighted by molar-refractivity contribution is 0.354. The van der Waals surface area contributed by atoms with Crippen molar-refractivity contribution in [2.45, 2.75) is 17.9 Å². The van der Waals surface area contributed by atoms with Crippen molar-refractivity contribution >= 4 is 10.0 Å². The van der Waals surface area contributed by atoms with Crippen LogP contribution in [-0.2, 0) is 10.0 Å². The van der Waals surface area contributed by atoms with Gasteiger partial charge < -0.3 is 4.52 Å². The van der Waals surface area contributed by atoms with Crippen LogP contribution < -0.4 is 4.72 Å². The van der Waals surface area contributed by atoms with Crippen LogP contribution >= 0.6 is 0 Å². The van der Waals surface area contributed by atoms with E-state index in [1.54, 1.807) is 0 Å². The molecule has 0 saturated carbocycles. The van der Waals surface area contributed by atoms with Crippen LogP contribution in [0, 0.1) is 17.5 Å². The number of rotatable bonds is 5. The Labute approximate surface area is 146 Å². The largest absolute Gasteiger partial charge is 0.337 e. The van der Waals surface area contributed by atoms with Gasteiger partial charge in [-0.3, -0.25) is 0 Å². The molecule has 1 heterocycles. The molecule has 136 valence electrons. The van der Waals surface area contributed by atoms with E-state index in [0.29, 0.717) is 23.8 Å². The van der Waals surface area contributed by atoms with E-state index in [1.807, 2.05) is 0 Å². The molecular weight excluding hydrogens is 371 g/mol. The number of nitrogens with one attached hydrogen (secondary N) is 1. The maximum Gasteiger partial charge on any atom is 0.244 e. The second kappa shape index (κ2) is 6.89. The molecule has 0 amide bonds. The number of halogens is 3. The van der Waals surface area contributed by atoms with Gasteiger partial charge in [-0.15, -0.1) is 0 Å². The number of sulfonamides is 1. The van der Waals surface area contributed by atoms with Gasteiger partial charge in [-0.05, 0) is 43.3 Å². The van der Waals surface area contributed by atoms with Crippen LogP contribution in [0.15, 0.2) is 51.9 Å². The van der Waals surface area contributed by atoms with Gasteiger partial charge in [0.25, 0.3) is 0 Å². The van der Waals surface area contributed by atoms with Crippen molar-refractivity contribution in [1.29, 1.82) is 0 Å². The first kappa shape index (κ1) is 18.1. The molecule has 0 saturated heterocycles. The van der Waals surface area contributed by atoms with Crippen molar-refractivity contribution in [2.75, 3.05) is 0 Å². The number of hydrogen-bond acceptors (Lipinski definition) is 5. The second-order valence-corrected chi connectivity index (χ2v) is 7.13. The molecule has 1 atom stereocenters. The molecular formula is C16H12F3N3O3S. The molecule has 26 heavy (non-hydrogen) atoms. The van der Waals surface area contributed by atoms with Gasteiger partial charge >= 0.3 is 0 Å². The Kier molecular flexibility index (Phi) is 4.79. The normalized spacial score (nSPS) is 12.9. The maximum atomic E-state index is 13.2. The first-order chi connectivity index (χ1) is 12.2. The molecule has 2 aromatic carbocycles. The molecule has 3 rings (SSSR count). The second-order valence-electron chi connectivity index (χ2n) is 5.41. The third kappa shape index (κ3) is 3.92. The Morgan fingerprint density at radius 2 is 1.62 bits per heavy atom. The minimum absolute atomic E-state index is 0.0650. The summed E-state index contributed by atoms with van der Waals surface area (Å²) in [5.74, 6) is -2.39. The fourth-order valence-electron chi connectivity index (χ4n) is 2.16. The van der Waals surface area contributed by atoms with E-state index in [2.05, 4.69) is 14.9 Å². The summed E-state index contributed by atoms with van der Waals surface area (Å²) in [6.45, 7) is 1.43. The number of nitrogens with zero attached hydrogens (tertiary/aromatic N) is 2. The predicted molar refractivity (Wildman–Crippen MR) is 84.8 cm³/mol. The molecule has 3 aromatic rings. The zero-order valence-corrected chi connectivity index (χ0v) is 14.1. The van der Waals surface area contributed by atoms with Crippen LogP contribution in [-0.4, -0.2) is 18.6 Å². The quantitative estimate of drug-likeness (QED) is 0.731. The van der Waals surface area contributed by atoms with E-state index in [1.165, 1.54) is 31.2 Å². The molecule has 1 aromatic heterocycles. The molecule has 1 N–H and O–H groups in total. The SMILES string of the molecule is CC(NS(=O)(=O)c1cc(F)cc(F)c1)c1nc(-c2ccc(F)cc2)no1. The first-order valence-corrected chi connectivity index (χ1v) is 8.81. The van der Waals surface area contributed by atoms with Crippen LogP contribution in [0.1, 0.15) is 18.9 Å². The Morgan fingerprint density at radius 1 is 1.00 bits per heavy atom.